The SMILES string of the molecule is O=C(CNC(=O)C1CCC(=O)N1c1ccccc1)Nc1ccc2c(c1)OCCO2. The highest BCUT2D eigenvalue weighted by Crippen LogP contribution is 2.32. The molecule has 1 atom stereocenters. The van der Waals surface area contributed by atoms with E-state index in [4.69, 9.17) is 9.47 Å². The molecule has 3 amide bonds. The van der Waals surface area contributed by atoms with Crippen molar-refractivity contribution in [1.29, 1.82) is 0 Å². The third-order valence-corrected chi connectivity index (χ3v) is 4.80. The second kappa shape index (κ2) is 8.22. The molecular formula is C21H21N3O5. The molecule has 8 nitrogen and oxygen atoms in total. The van der Waals surface area contributed by atoms with Crippen LogP contribution >= 0.6 is 0 Å². The monoisotopic (exact) mass is 395 g/mol. The number of para-hydroxylation sites is 1. The van der Waals surface area contributed by atoms with Gasteiger partial charge in [0.25, 0.3) is 0 Å². The molecular weight excluding hydrogens is 374 g/mol. The fourth-order valence-corrected chi connectivity index (χ4v) is 3.46. The Hall–Kier alpha value is -3.55. The number of fused-ring (bicyclic) bond motifs is 1. The van der Waals surface area contributed by atoms with Gasteiger partial charge < -0.3 is 20.1 Å². The van der Waals surface area contributed by atoms with Crippen LogP contribution in [0.1, 0.15) is 12.8 Å². The third kappa shape index (κ3) is 4.16. The summed E-state index contributed by atoms with van der Waals surface area (Å²) in [6.07, 6.45) is 0.722. The van der Waals surface area contributed by atoms with E-state index in [9.17, 15) is 14.4 Å². The highest BCUT2D eigenvalue weighted by atomic mass is 16.6. The second-order valence-electron chi connectivity index (χ2n) is 6.78. The number of nitrogens with zero attached hydrogens (tertiary/aromatic N) is 1. The van der Waals surface area contributed by atoms with Crippen LogP contribution in [0.25, 0.3) is 0 Å². The molecule has 0 bridgehead atoms. The fraction of sp³-hybridized carbons (Fsp3) is 0.286. The Morgan fingerprint density at radius 1 is 1.03 bits per heavy atom. The first-order chi connectivity index (χ1) is 14.1. The predicted octanol–water partition coefficient (Wildman–Crippen LogP) is 1.71. The van der Waals surface area contributed by atoms with E-state index < -0.39 is 6.04 Å². The van der Waals surface area contributed by atoms with Crippen LogP contribution in [-0.4, -0.2) is 43.5 Å². The van der Waals surface area contributed by atoms with Crippen molar-refractivity contribution in [1.82, 2.24) is 5.32 Å². The molecule has 2 aliphatic rings. The van der Waals surface area contributed by atoms with Gasteiger partial charge >= 0.3 is 0 Å². The average Bonchev–Trinajstić information content (AvgIpc) is 3.14. The molecule has 29 heavy (non-hydrogen) atoms. The zero-order valence-electron chi connectivity index (χ0n) is 15.7. The van der Waals surface area contributed by atoms with Crippen molar-refractivity contribution in [2.24, 2.45) is 0 Å². The lowest BCUT2D eigenvalue weighted by Crippen LogP contribution is -2.46. The Kier molecular flexibility index (Phi) is 5.33. The summed E-state index contributed by atoms with van der Waals surface area (Å²) >= 11 is 0. The number of anilines is 2. The van der Waals surface area contributed by atoms with Crippen LogP contribution in [0.4, 0.5) is 11.4 Å². The highest BCUT2D eigenvalue weighted by Gasteiger charge is 2.37. The van der Waals surface area contributed by atoms with Crippen LogP contribution in [0.3, 0.4) is 0 Å². The van der Waals surface area contributed by atoms with Gasteiger partial charge in [-0.15, -0.1) is 0 Å². The van der Waals surface area contributed by atoms with Crippen molar-refractivity contribution < 1.29 is 23.9 Å². The van der Waals surface area contributed by atoms with Gasteiger partial charge in [0.1, 0.15) is 19.3 Å². The molecule has 2 heterocycles. The summed E-state index contributed by atoms with van der Waals surface area (Å²) in [7, 11) is 0. The molecule has 0 radical (unpaired) electrons. The van der Waals surface area contributed by atoms with Crippen molar-refractivity contribution in [2.75, 3.05) is 30.0 Å². The van der Waals surface area contributed by atoms with E-state index in [1.54, 1.807) is 30.3 Å². The number of hydrogen-bond acceptors (Lipinski definition) is 5. The van der Waals surface area contributed by atoms with Gasteiger partial charge in [-0.25, -0.2) is 0 Å². The fourth-order valence-electron chi connectivity index (χ4n) is 3.46. The number of carbonyl (C=O) groups excluding carboxylic acids is 3. The number of amides is 3. The molecule has 1 unspecified atom stereocenters. The Bertz CT molecular complexity index is 931. The minimum atomic E-state index is -0.619. The summed E-state index contributed by atoms with van der Waals surface area (Å²) in [5.41, 5.74) is 1.23. The lowest BCUT2D eigenvalue weighted by Gasteiger charge is -2.24. The molecule has 0 saturated carbocycles. The lowest BCUT2D eigenvalue weighted by molar-refractivity contribution is -0.125. The molecule has 2 N–H and O–H groups in total. The van der Waals surface area contributed by atoms with Crippen molar-refractivity contribution in [3.8, 4) is 11.5 Å². The van der Waals surface area contributed by atoms with Gasteiger partial charge in [-0.1, -0.05) is 18.2 Å². The van der Waals surface area contributed by atoms with Crippen LogP contribution in [0.15, 0.2) is 48.5 Å². The van der Waals surface area contributed by atoms with E-state index in [0.29, 0.717) is 48.9 Å². The summed E-state index contributed by atoms with van der Waals surface area (Å²) in [5, 5.41) is 5.35. The molecule has 2 aliphatic heterocycles. The number of benzene rings is 2. The average molecular weight is 395 g/mol. The lowest BCUT2D eigenvalue weighted by atomic mass is 10.2. The molecule has 1 fully saturated rings. The third-order valence-electron chi connectivity index (χ3n) is 4.80. The highest BCUT2D eigenvalue weighted by molar-refractivity contribution is 6.04. The van der Waals surface area contributed by atoms with Crippen LogP contribution in [0.2, 0.25) is 0 Å². The zero-order chi connectivity index (χ0) is 20.2. The smallest absolute Gasteiger partial charge is 0.243 e. The van der Waals surface area contributed by atoms with E-state index in [1.807, 2.05) is 18.2 Å². The Balaban J connectivity index is 1.34. The van der Waals surface area contributed by atoms with Gasteiger partial charge in [0.2, 0.25) is 17.7 Å². The van der Waals surface area contributed by atoms with E-state index in [0.717, 1.165) is 0 Å². The summed E-state index contributed by atoms with van der Waals surface area (Å²) < 4.78 is 10.9. The van der Waals surface area contributed by atoms with Gasteiger partial charge in [0, 0.05) is 23.9 Å². The van der Waals surface area contributed by atoms with Gasteiger partial charge in [0.05, 0.1) is 6.54 Å². The summed E-state index contributed by atoms with van der Waals surface area (Å²) in [6.45, 7) is 0.757. The number of nitrogens with one attached hydrogen (secondary N) is 2. The Morgan fingerprint density at radius 2 is 1.79 bits per heavy atom. The summed E-state index contributed by atoms with van der Waals surface area (Å²) in [5.74, 6) is 0.384. The minimum absolute atomic E-state index is 0.0999. The Labute approximate surface area is 167 Å². The number of hydrogen-bond donors (Lipinski definition) is 2. The zero-order valence-corrected chi connectivity index (χ0v) is 15.7. The first-order valence-electron chi connectivity index (χ1n) is 9.46. The Morgan fingerprint density at radius 3 is 2.59 bits per heavy atom. The number of rotatable bonds is 5. The maximum Gasteiger partial charge on any atom is 0.243 e. The van der Waals surface area contributed by atoms with E-state index in [1.165, 1.54) is 4.90 Å². The van der Waals surface area contributed by atoms with Gasteiger partial charge in [-0.05, 0) is 30.7 Å². The van der Waals surface area contributed by atoms with E-state index >= 15 is 0 Å². The van der Waals surface area contributed by atoms with Crippen LogP contribution in [0, 0.1) is 0 Å². The molecule has 1 saturated heterocycles. The molecule has 150 valence electrons. The van der Waals surface area contributed by atoms with Gasteiger partial charge in [-0.3, -0.25) is 19.3 Å². The molecule has 8 heteroatoms. The van der Waals surface area contributed by atoms with Crippen molar-refractivity contribution in [3.63, 3.8) is 0 Å². The summed E-state index contributed by atoms with van der Waals surface area (Å²) in [4.78, 5) is 38.6. The van der Waals surface area contributed by atoms with Crippen LogP contribution in [-0.2, 0) is 14.4 Å². The van der Waals surface area contributed by atoms with Gasteiger partial charge in [-0.2, -0.15) is 0 Å². The first kappa shape index (κ1) is 18.8. The molecule has 2 aromatic carbocycles. The van der Waals surface area contributed by atoms with Crippen LogP contribution in [0.5, 0.6) is 11.5 Å². The number of ether oxygens (including phenoxy) is 2. The summed E-state index contributed by atoms with van der Waals surface area (Å²) in [6, 6.07) is 13.6. The van der Waals surface area contributed by atoms with Crippen molar-refractivity contribution >= 4 is 29.1 Å². The quantitative estimate of drug-likeness (QED) is 0.803. The van der Waals surface area contributed by atoms with Gasteiger partial charge in [0.15, 0.2) is 11.5 Å². The maximum atomic E-state index is 12.6. The second-order valence-corrected chi connectivity index (χ2v) is 6.78. The maximum absolute atomic E-state index is 12.6. The molecule has 0 spiro atoms. The molecule has 2 aromatic rings. The standard InChI is InChI=1S/C21H21N3O5/c25-19(23-14-6-8-17-18(12-14)29-11-10-28-17)13-22-21(27)16-7-9-20(26)24(16)15-4-2-1-3-5-15/h1-6,8,12,16H,7,9-11,13H2,(H,22,27)(H,23,25). The largest absolute Gasteiger partial charge is 0.486 e. The van der Waals surface area contributed by atoms with Crippen molar-refractivity contribution in [2.45, 2.75) is 18.9 Å². The first-order valence-corrected chi connectivity index (χ1v) is 9.46. The normalized spacial score (nSPS) is 17.7. The van der Waals surface area contributed by atoms with E-state index in [-0.39, 0.29) is 24.3 Å². The van der Waals surface area contributed by atoms with E-state index in [2.05, 4.69) is 10.6 Å². The van der Waals surface area contributed by atoms with Crippen LogP contribution < -0.4 is 25.0 Å². The van der Waals surface area contributed by atoms with Crippen molar-refractivity contribution in [3.05, 3.63) is 48.5 Å². The topological polar surface area (TPSA) is 97.0 Å². The molecule has 0 aliphatic carbocycles. The minimum Gasteiger partial charge on any atom is -0.486 e. The number of carbonyl (C=O) groups is 3. The molecule has 0 aromatic heterocycles. The molecule has 4 rings (SSSR count). The predicted molar refractivity (Wildman–Crippen MR) is 106 cm³/mol.